The lowest BCUT2D eigenvalue weighted by Gasteiger charge is -2.27. The van der Waals surface area contributed by atoms with E-state index in [1.807, 2.05) is 13.8 Å². The van der Waals surface area contributed by atoms with Crippen molar-refractivity contribution < 1.29 is 24.3 Å². The zero-order valence-electron chi connectivity index (χ0n) is 21.0. The molecule has 0 fully saturated rings. The van der Waals surface area contributed by atoms with Crippen molar-refractivity contribution in [2.75, 3.05) is 6.54 Å². The first-order chi connectivity index (χ1) is 16.5. The van der Waals surface area contributed by atoms with Gasteiger partial charge in [-0.1, -0.05) is 27.7 Å². The fourth-order valence-electron chi connectivity index (χ4n) is 3.52. The number of carboxylic acids is 1. The zero-order valence-corrected chi connectivity index (χ0v) is 21.0. The number of aromatic nitrogens is 2. The van der Waals surface area contributed by atoms with Crippen LogP contribution in [0.2, 0.25) is 0 Å². The SMILES string of the molecule is CC(C)CC(N)C(=O)NC(Cc1cnc[nH]1)C(=O)NC(C(=O)NC(CCCCN)C(=O)O)C(C)C. The third kappa shape index (κ3) is 10.9. The van der Waals surface area contributed by atoms with Crippen molar-refractivity contribution in [3.8, 4) is 0 Å². The monoisotopic (exact) mass is 495 g/mol. The highest BCUT2D eigenvalue weighted by molar-refractivity contribution is 5.94. The molecule has 1 heterocycles. The van der Waals surface area contributed by atoms with E-state index in [2.05, 4.69) is 25.9 Å². The molecule has 12 nitrogen and oxygen atoms in total. The summed E-state index contributed by atoms with van der Waals surface area (Å²) in [6.07, 6.45) is 4.95. The van der Waals surface area contributed by atoms with E-state index in [1.54, 1.807) is 13.8 Å². The number of carbonyl (C=O) groups is 4. The first-order valence-corrected chi connectivity index (χ1v) is 12.0. The van der Waals surface area contributed by atoms with Crippen LogP contribution < -0.4 is 27.4 Å². The van der Waals surface area contributed by atoms with Crippen LogP contribution in [0.25, 0.3) is 0 Å². The third-order valence-corrected chi connectivity index (χ3v) is 5.48. The molecule has 0 saturated carbocycles. The number of hydrogen-bond acceptors (Lipinski definition) is 7. The van der Waals surface area contributed by atoms with Gasteiger partial charge in [0.25, 0.3) is 0 Å². The summed E-state index contributed by atoms with van der Waals surface area (Å²) in [5.41, 5.74) is 12.1. The van der Waals surface area contributed by atoms with Crippen LogP contribution in [0.3, 0.4) is 0 Å². The molecule has 4 atom stereocenters. The lowest BCUT2D eigenvalue weighted by Crippen LogP contribution is -2.59. The molecular formula is C23H41N7O5. The number of aliphatic carboxylic acids is 1. The molecule has 35 heavy (non-hydrogen) atoms. The van der Waals surface area contributed by atoms with Gasteiger partial charge in [0.1, 0.15) is 18.1 Å². The molecule has 0 spiro atoms. The number of nitrogens with two attached hydrogens (primary N) is 2. The van der Waals surface area contributed by atoms with Gasteiger partial charge in [-0.3, -0.25) is 14.4 Å². The standard InChI is InChI=1S/C23H41N7O5/c1-13(2)9-16(25)20(31)29-18(10-15-11-26-12-27-15)21(32)30-19(14(3)4)22(33)28-17(23(34)35)7-5-6-8-24/h11-14,16-19H,5-10,24-25H2,1-4H3,(H,26,27)(H,28,33)(H,29,31)(H,30,32)(H,34,35). The van der Waals surface area contributed by atoms with Gasteiger partial charge in [-0.25, -0.2) is 9.78 Å². The van der Waals surface area contributed by atoms with Crippen molar-refractivity contribution in [1.82, 2.24) is 25.9 Å². The minimum atomic E-state index is -1.16. The molecule has 9 N–H and O–H groups in total. The van der Waals surface area contributed by atoms with Gasteiger partial charge in [0.15, 0.2) is 0 Å². The summed E-state index contributed by atoms with van der Waals surface area (Å²) in [4.78, 5) is 57.1. The van der Waals surface area contributed by atoms with Gasteiger partial charge in [-0.15, -0.1) is 0 Å². The summed E-state index contributed by atoms with van der Waals surface area (Å²) in [6, 6.07) is -3.91. The fraction of sp³-hybridized carbons (Fsp3) is 0.696. The quantitative estimate of drug-likeness (QED) is 0.150. The molecule has 4 unspecified atom stereocenters. The number of amides is 3. The van der Waals surface area contributed by atoms with Gasteiger partial charge in [0, 0.05) is 18.3 Å². The molecule has 1 aromatic rings. The molecule has 0 aliphatic carbocycles. The maximum Gasteiger partial charge on any atom is 0.326 e. The minimum absolute atomic E-state index is 0.106. The Hall–Kier alpha value is -2.99. The molecule has 3 amide bonds. The molecule has 0 aliphatic heterocycles. The smallest absolute Gasteiger partial charge is 0.326 e. The fourth-order valence-corrected chi connectivity index (χ4v) is 3.52. The molecular weight excluding hydrogens is 454 g/mol. The largest absolute Gasteiger partial charge is 0.480 e. The van der Waals surface area contributed by atoms with E-state index in [0.29, 0.717) is 31.5 Å². The first kappa shape index (κ1) is 30.0. The minimum Gasteiger partial charge on any atom is -0.480 e. The van der Waals surface area contributed by atoms with Gasteiger partial charge in [-0.2, -0.15) is 0 Å². The van der Waals surface area contributed by atoms with Crippen LogP contribution in [-0.2, 0) is 25.6 Å². The number of nitrogens with one attached hydrogen (secondary N) is 4. The molecule has 1 rings (SSSR count). The number of hydrogen-bond donors (Lipinski definition) is 7. The van der Waals surface area contributed by atoms with Crippen LogP contribution in [0.1, 0.15) is 59.1 Å². The Balaban J connectivity index is 2.97. The summed E-state index contributed by atoms with van der Waals surface area (Å²) in [6.45, 7) is 7.77. The van der Waals surface area contributed by atoms with Crippen molar-refractivity contribution in [2.45, 2.75) is 84.0 Å². The topological polar surface area (TPSA) is 205 Å². The summed E-state index contributed by atoms with van der Waals surface area (Å²) in [5.74, 6) is -2.99. The van der Waals surface area contributed by atoms with E-state index >= 15 is 0 Å². The zero-order chi connectivity index (χ0) is 26.5. The van der Waals surface area contributed by atoms with Gasteiger partial charge >= 0.3 is 5.97 Å². The second kappa shape index (κ2) is 15.1. The molecule has 0 bridgehead atoms. The van der Waals surface area contributed by atoms with E-state index < -0.39 is 47.9 Å². The van der Waals surface area contributed by atoms with Crippen LogP contribution >= 0.6 is 0 Å². The van der Waals surface area contributed by atoms with E-state index in [0.717, 1.165) is 0 Å². The summed E-state index contributed by atoms with van der Waals surface area (Å²) < 4.78 is 0. The van der Waals surface area contributed by atoms with Crippen molar-refractivity contribution in [1.29, 1.82) is 0 Å². The molecule has 0 radical (unpaired) electrons. The van der Waals surface area contributed by atoms with Crippen LogP contribution in [-0.4, -0.2) is 69.5 Å². The number of carbonyl (C=O) groups excluding carboxylic acids is 3. The maximum absolute atomic E-state index is 13.2. The van der Waals surface area contributed by atoms with E-state index in [4.69, 9.17) is 11.5 Å². The van der Waals surface area contributed by atoms with Gasteiger partial charge in [0.05, 0.1) is 12.4 Å². The molecule has 1 aromatic heterocycles. The van der Waals surface area contributed by atoms with Gasteiger partial charge in [0.2, 0.25) is 17.7 Å². The average Bonchev–Trinajstić information content (AvgIpc) is 3.28. The molecule has 12 heteroatoms. The predicted octanol–water partition coefficient (Wildman–Crippen LogP) is -0.350. The molecule has 198 valence electrons. The third-order valence-electron chi connectivity index (χ3n) is 5.48. The molecule has 0 saturated heterocycles. The van der Waals surface area contributed by atoms with Crippen LogP contribution in [0.5, 0.6) is 0 Å². The number of imidazole rings is 1. The number of unbranched alkanes of at least 4 members (excludes halogenated alkanes) is 1. The lowest BCUT2D eigenvalue weighted by molar-refractivity contribution is -0.142. The number of H-pyrrole nitrogens is 1. The highest BCUT2D eigenvalue weighted by atomic mass is 16.4. The van der Waals surface area contributed by atoms with Gasteiger partial charge in [-0.05, 0) is 44.1 Å². The van der Waals surface area contributed by atoms with E-state index in [1.165, 1.54) is 12.5 Å². The van der Waals surface area contributed by atoms with Crippen LogP contribution in [0.15, 0.2) is 12.5 Å². The Kier molecular flexibility index (Phi) is 13.0. The van der Waals surface area contributed by atoms with Crippen molar-refractivity contribution in [2.24, 2.45) is 23.3 Å². The Morgan fingerprint density at radius 3 is 2.17 bits per heavy atom. The highest BCUT2D eigenvalue weighted by Gasteiger charge is 2.32. The lowest BCUT2D eigenvalue weighted by atomic mass is 10.0. The maximum atomic E-state index is 13.2. The summed E-state index contributed by atoms with van der Waals surface area (Å²) in [5, 5.41) is 17.3. The second-order valence-electron chi connectivity index (χ2n) is 9.49. The van der Waals surface area contributed by atoms with Crippen molar-refractivity contribution in [3.05, 3.63) is 18.2 Å². The molecule has 0 aromatic carbocycles. The van der Waals surface area contributed by atoms with Crippen molar-refractivity contribution >= 4 is 23.7 Å². The molecule has 0 aliphatic rings. The average molecular weight is 496 g/mol. The van der Waals surface area contributed by atoms with Crippen LogP contribution in [0.4, 0.5) is 0 Å². The summed E-state index contributed by atoms with van der Waals surface area (Å²) >= 11 is 0. The Morgan fingerprint density at radius 2 is 1.66 bits per heavy atom. The first-order valence-electron chi connectivity index (χ1n) is 12.0. The number of nitrogens with zero attached hydrogens (tertiary/aromatic N) is 1. The Morgan fingerprint density at radius 1 is 1.00 bits per heavy atom. The Labute approximate surface area is 206 Å². The number of rotatable bonds is 16. The van der Waals surface area contributed by atoms with Crippen molar-refractivity contribution in [3.63, 3.8) is 0 Å². The summed E-state index contributed by atoms with van der Waals surface area (Å²) in [7, 11) is 0. The van der Waals surface area contributed by atoms with E-state index in [9.17, 15) is 24.3 Å². The number of carboxylic acid groups (broad SMARTS) is 1. The van der Waals surface area contributed by atoms with Gasteiger partial charge < -0.3 is 37.5 Å². The second-order valence-corrected chi connectivity index (χ2v) is 9.49. The Bertz CT molecular complexity index is 813. The predicted molar refractivity (Wildman–Crippen MR) is 131 cm³/mol. The van der Waals surface area contributed by atoms with Crippen LogP contribution in [0, 0.1) is 11.8 Å². The van der Waals surface area contributed by atoms with E-state index in [-0.39, 0.29) is 24.7 Å². The number of aromatic amines is 1. The highest BCUT2D eigenvalue weighted by Crippen LogP contribution is 2.09. The normalized spacial score (nSPS) is 14.7.